The smallest absolute Gasteiger partial charge is 0.275 e. The van der Waals surface area contributed by atoms with Crippen molar-refractivity contribution in [3.63, 3.8) is 0 Å². The van der Waals surface area contributed by atoms with Crippen molar-refractivity contribution in [3.8, 4) is 0 Å². The summed E-state index contributed by atoms with van der Waals surface area (Å²) in [6, 6.07) is 2.92. The summed E-state index contributed by atoms with van der Waals surface area (Å²) in [5.74, 6) is 0.444. The molecular formula is C11H18F2N2O4S. The van der Waals surface area contributed by atoms with Gasteiger partial charge in [0.05, 0.1) is 13.2 Å². The van der Waals surface area contributed by atoms with Crippen LogP contribution in [0.2, 0.25) is 0 Å². The molecule has 116 valence electrons. The molecule has 0 amide bonds. The molecule has 6 nitrogen and oxygen atoms in total. The SMILES string of the molecule is CN(C)S(=O)(=O)c1ccc(CNCCOCC(F)F)o1. The Kier molecular flexibility index (Phi) is 6.53. The van der Waals surface area contributed by atoms with Gasteiger partial charge in [-0.1, -0.05) is 0 Å². The molecule has 1 aromatic rings. The number of sulfonamides is 1. The minimum Gasteiger partial charge on any atom is -0.447 e. The Morgan fingerprint density at radius 3 is 2.70 bits per heavy atom. The van der Waals surface area contributed by atoms with Gasteiger partial charge in [-0.3, -0.25) is 0 Å². The van der Waals surface area contributed by atoms with Gasteiger partial charge in [-0.25, -0.2) is 21.5 Å². The lowest BCUT2D eigenvalue weighted by atomic mass is 10.4. The lowest BCUT2D eigenvalue weighted by Crippen LogP contribution is -2.22. The highest BCUT2D eigenvalue weighted by Gasteiger charge is 2.21. The quantitative estimate of drug-likeness (QED) is 0.686. The second kappa shape index (κ2) is 7.67. The van der Waals surface area contributed by atoms with Crippen LogP contribution in [0, 0.1) is 0 Å². The van der Waals surface area contributed by atoms with Crippen LogP contribution in [0.1, 0.15) is 5.76 Å². The largest absolute Gasteiger partial charge is 0.447 e. The average Bonchev–Trinajstić information content (AvgIpc) is 2.82. The Balaban J connectivity index is 2.35. The van der Waals surface area contributed by atoms with E-state index in [1.807, 2.05) is 0 Å². The topological polar surface area (TPSA) is 71.8 Å². The van der Waals surface area contributed by atoms with Crippen LogP contribution in [0.25, 0.3) is 0 Å². The van der Waals surface area contributed by atoms with Gasteiger partial charge in [0.15, 0.2) is 0 Å². The number of hydrogen-bond donors (Lipinski definition) is 1. The van der Waals surface area contributed by atoms with Gasteiger partial charge in [0.2, 0.25) is 5.09 Å². The van der Waals surface area contributed by atoms with Crippen LogP contribution < -0.4 is 5.32 Å². The second-order valence-electron chi connectivity index (χ2n) is 4.15. The molecule has 0 spiro atoms. The second-order valence-corrected chi connectivity index (χ2v) is 6.23. The molecule has 9 heteroatoms. The normalized spacial score (nSPS) is 12.5. The van der Waals surface area contributed by atoms with Crippen LogP contribution in [-0.2, 0) is 21.3 Å². The van der Waals surface area contributed by atoms with Gasteiger partial charge < -0.3 is 14.5 Å². The number of nitrogens with one attached hydrogen (secondary N) is 1. The van der Waals surface area contributed by atoms with E-state index in [9.17, 15) is 17.2 Å². The van der Waals surface area contributed by atoms with E-state index in [1.165, 1.54) is 20.2 Å². The summed E-state index contributed by atoms with van der Waals surface area (Å²) < 4.78 is 58.0. The van der Waals surface area contributed by atoms with Gasteiger partial charge >= 0.3 is 0 Å². The van der Waals surface area contributed by atoms with Gasteiger partial charge in [0, 0.05) is 20.6 Å². The van der Waals surface area contributed by atoms with E-state index < -0.39 is 23.1 Å². The minimum atomic E-state index is -3.57. The third-order valence-corrected chi connectivity index (χ3v) is 4.03. The van der Waals surface area contributed by atoms with E-state index in [-0.39, 0.29) is 11.7 Å². The summed E-state index contributed by atoms with van der Waals surface area (Å²) in [5.41, 5.74) is 0. The van der Waals surface area contributed by atoms with E-state index in [2.05, 4.69) is 10.1 Å². The number of furan rings is 1. The van der Waals surface area contributed by atoms with E-state index in [4.69, 9.17) is 4.42 Å². The predicted octanol–water partition coefficient (Wildman–Crippen LogP) is 0.901. The maximum Gasteiger partial charge on any atom is 0.275 e. The highest BCUT2D eigenvalue weighted by molar-refractivity contribution is 7.88. The van der Waals surface area contributed by atoms with Crippen molar-refractivity contribution in [1.82, 2.24) is 9.62 Å². The van der Waals surface area contributed by atoms with Gasteiger partial charge in [0.25, 0.3) is 16.4 Å². The lowest BCUT2D eigenvalue weighted by Gasteiger charge is -2.08. The van der Waals surface area contributed by atoms with Gasteiger partial charge in [-0.05, 0) is 12.1 Å². The maximum absolute atomic E-state index is 11.8. The summed E-state index contributed by atoms with van der Waals surface area (Å²) in [7, 11) is -0.748. The average molecular weight is 312 g/mol. The van der Waals surface area contributed by atoms with Crippen molar-refractivity contribution in [1.29, 1.82) is 0 Å². The fraction of sp³-hybridized carbons (Fsp3) is 0.636. The fourth-order valence-corrected chi connectivity index (χ4v) is 2.11. The van der Waals surface area contributed by atoms with Crippen LogP contribution in [-0.4, -0.2) is 53.0 Å². The van der Waals surface area contributed by atoms with Gasteiger partial charge in [0.1, 0.15) is 12.4 Å². The molecule has 1 aromatic heterocycles. The molecule has 1 rings (SSSR count). The summed E-state index contributed by atoms with van der Waals surface area (Å²) in [6.07, 6.45) is -2.47. The summed E-state index contributed by atoms with van der Waals surface area (Å²) in [6.45, 7) is 0.214. The Labute approximate surface area is 116 Å². The molecule has 0 fully saturated rings. The first-order valence-electron chi connectivity index (χ1n) is 5.92. The van der Waals surface area contributed by atoms with Gasteiger partial charge in [-0.2, -0.15) is 0 Å². The molecular weight excluding hydrogens is 294 g/mol. The lowest BCUT2D eigenvalue weighted by molar-refractivity contribution is 0.0186. The Morgan fingerprint density at radius 1 is 1.40 bits per heavy atom. The van der Waals surface area contributed by atoms with E-state index >= 15 is 0 Å². The zero-order valence-corrected chi connectivity index (χ0v) is 12.1. The first-order valence-corrected chi connectivity index (χ1v) is 7.36. The molecule has 0 unspecified atom stereocenters. The Bertz CT molecular complexity index is 502. The van der Waals surface area contributed by atoms with Crippen LogP contribution in [0.3, 0.4) is 0 Å². The third kappa shape index (κ3) is 5.16. The van der Waals surface area contributed by atoms with Crippen molar-refractivity contribution in [3.05, 3.63) is 17.9 Å². The molecule has 0 aromatic carbocycles. The number of ether oxygens (including phenoxy) is 1. The maximum atomic E-state index is 11.8. The first kappa shape index (κ1) is 17.0. The standard InChI is InChI=1S/C11H18F2N2O4S/c1-15(2)20(16,17)11-4-3-9(19-11)7-14-5-6-18-8-10(12)13/h3-4,10,14H,5-8H2,1-2H3. The zero-order chi connectivity index (χ0) is 15.2. The van der Waals surface area contributed by atoms with Crippen molar-refractivity contribution < 1.29 is 26.4 Å². The summed E-state index contributed by atoms with van der Waals surface area (Å²) in [5, 5.41) is 2.77. The Hall–Kier alpha value is -1.03. The predicted molar refractivity (Wildman–Crippen MR) is 68.1 cm³/mol. The van der Waals surface area contributed by atoms with Crippen LogP contribution in [0.15, 0.2) is 21.6 Å². The molecule has 0 bridgehead atoms. The van der Waals surface area contributed by atoms with E-state index in [1.54, 1.807) is 6.07 Å². The first-order chi connectivity index (χ1) is 9.34. The van der Waals surface area contributed by atoms with Gasteiger partial charge in [-0.15, -0.1) is 0 Å². The number of halogens is 2. The van der Waals surface area contributed by atoms with Crippen molar-refractivity contribution in [2.45, 2.75) is 18.1 Å². The molecule has 1 N–H and O–H groups in total. The minimum absolute atomic E-state index is 0.131. The summed E-state index contributed by atoms with van der Waals surface area (Å²) >= 11 is 0. The number of rotatable bonds is 9. The molecule has 0 aliphatic carbocycles. The number of alkyl halides is 2. The molecule has 0 radical (unpaired) electrons. The van der Waals surface area contributed by atoms with E-state index in [0.717, 1.165) is 4.31 Å². The summed E-state index contributed by atoms with van der Waals surface area (Å²) in [4.78, 5) is 0. The van der Waals surface area contributed by atoms with Crippen LogP contribution in [0.5, 0.6) is 0 Å². The molecule has 0 saturated heterocycles. The molecule has 0 aliphatic rings. The highest BCUT2D eigenvalue weighted by Crippen LogP contribution is 2.16. The molecule has 1 heterocycles. The monoisotopic (exact) mass is 312 g/mol. The molecule has 20 heavy (non-hydrogen) atoms. The van der Waals surface area contributed by atoms with Crippen LogP contribution in [0.4, 0.5) is 8.78 Å². The van der Waals surface area contributed by atoms with Crippen LogP contribution >= 0.6 is 0 Å². The van der Waals surface area contributed by atoms with Crippen molar-refractivity contribution in [2.24, 2.45) is 0 Å². The molecule has 0 aliphatic heterocycles. The Morgan fingerprint density at radius 2 is 2.10 bits per heavy atom. The third-order valence-electron chi connectivity index (χ3n) is 2.34. The van der Waals surface area contributed by atoms with Crippen molar-refractivity contribution in [2.75, 3.05) is 33.9 Å². The molecule has 0 saturated carbocycles. The fourth-order valence-electron chi connectivity index (χ4n) is 1.30. The highest BCUT2D eigenvalue weighted by atomic mass is 32.2. The van der Waals surface area contributed by atoms with E-state index in [0.29, 0.717) is 18.8 Å². The van der Waals surface area contributed by atoms with Crippen molar-refractivity contribution >= 4 is 10.0 Å². The zero-order valence-electron chi connectivity index (χ0n) is 11.3. The molecule has 0 atom stereocenters. The number of nitrogens with zero attached hydrogens (tertiary/aromatic N) is 1. The number of hydrogen-bond acceptors (Lipinski definition) is 5.